The molecule has 9 heteroatoms. The number of aryl methyl sites for hydroxylation is 1. The van der Waals surface area contributed by atoms with E-state index < -0.39 is 0 Å². The van der Waals surface area contributed by atoms with Crippen molar-refractivity contribution < 1.29 is 23.8 Å². The summed E-state index contributed by atoms with van der Waals surface area (Å²) in [5.41, 5.74) is 5.46. The Balaban J connectivity index is 1.54. The first-order valence-corrected chi connectivity index (χ1v) is 12.7. The summed E-state index contributed by atoms with van der Waals surface area (Å²) >= 11 is 3.45. The molecule has 2 N–H and O–H groups in total. The highest BCUT2D eigenvalue weighted by Crippen LogP contribution is 2.29. The molecule has 8 nitrogen and oxygen atoms in total. The van der Waals surface area contributed by atoms with Gasteiger partial charge in [-0.25, -0.2) is 5.43 Å². The Morgan fingerprint density at radius 2 is 1.68 bits per heavy atom. The number of anilines is 1. The number of hydrazone groups is 1. The minimum Gasteiger partial charge on any atom is -0.490 e. The largest absolute Gasteiger partial charge is 0.490 e. The van der Waals surface area contributed by atoms with Crippen LogP contribution in [0.15, 0.2) is 70.2 Å². The first kappa shape index (κ1) is 27.7. The Bertz CT molecular complexity index is 1250. The number of hydrogen-bond acceptors (Lipinski definition) is 6. The van der Waals surface area contributed by atoms with Crippen molar-refractivity contribution in [3.05, 3.63) is 81.8 Å². The fourth-order valence-corrected chi connectivity index (χ4v) is 3.68. The fourth-order valence-electron chi connectivity index (χ4n) is 3.17. The Labute approximate surface area is 225 Å². The number of carbonyl (C=O) groups excluding carboxylic acids is 2. The molecule has 0 saturated carbocycles. The summed E-state index contributed by atoms with van der Waals surface area (Å²) in [6, 6.07) is 17.8. The van der Waals surface area contributed by atoms with Crippen molar-refractivity contribution in [3.8, 4) is 17.2 Å². The summed E-state index contributed by atoms with van der Waals surface area (Å²) in [5, 5.41) is 6.83. The van der Waals surface area contributed by atoms with Gasteiger partial charge in [-0.15, -0.1) is 0 Å². The highest BCUT2D eigenvalue weighted by atomic mass is 79.9. The van der Waals surface area contributed by atoms with E-state index in [1.807, 2.05) is 45.0 Å². The standard InChI is InChI=1S/C28H30BrN3O5/c1-4-14-36-25-13-9-21(16-26(25)35-5-2)28(34)32-30-17-20-8-12-24(23(29)15-20)37-18-27(33)31-22-10-6-19(3)7-11-22/h6-13,15-17H,4-5,14,18H2,1-3H3,(H,31,33)(H,32,34)/b30-17+. The SMILES string of the molecule is CCCOc1ccc(C(=O)N/N=C/c2ccc(OCC(=O)Nc3ccc(C)cc3)c(Br)c2)cc1OCC. The Morgan fingerprint density at radius 1 is 0.919 bits per heavy atom. The fraction of sp³-hybridized carbons (Fsp3) is 0.250. The normalized spacial score (nSPS) is 10.7. The summed E-state index contributed by atoms with van der Waals surface area (Å²) in [5.74, 6) is 0.983. The summed E-state index contributed by atoms with van der Waals surface area (Å²) in [4.78, 5) is 24.7. The van der Waals surface area contributed by atoms with Crippen LogP contribution >= 0.6 is 15.9 Å². The molecule has 0 aliphatic carbocycles. The third-order valence-electron chi connectivity index (χ3n) is 5.00. The lowest BCUT2D eigenvalue weighted by molar-refractivity contribution is -0.118. The van der Waals surface area contributed by atoms with Crippen molar-refractivity contribution >= 4 is 39.6 Å². The Morgan fingerprint density at radius 3 is 2.38 bits per heavy atom. The van der Waals surface area contributed by atoms with Gasteiger partial charge in [0.05, 0.1) is 23.9 Å². The van der Waals surface area contributed by atoms with Crippen molar-refractivity contribution in [1.29, 1.82) is 0 Å². The maximum atomic E-state index is 12.5. The molecule has 0 aliphatic heterocycles. The second-order valence-electron chi connectivity index (χ2n) is 8.03. The van der Waals surface area contributed by atoms with Crippen molar-refractivity contribution in [2.45, 2.75) is 27.2 Å². The van der Waals surface area contributed by atoms with E-state index in [-0.39, 0.29) is 18.4 Å². The average Bonchev–Trinajstić information content (AvgIpc) is 2.89. The van der Waals surface area contributed by atoms with Crippen LogP contribution in [0.5, 0.6) is 17.2 Å². The molecule has 0 fully saturated rings. The molecule has 0 aromatic heterocycles. The van der Waals surface area contributed by atoms with Crippen molar-refractivity contribution in [2.24, 2.45) is 5.10 Å². The zero-order valence-corrected chi connectivity index (χ0v) is 22.6. The van der Waals surface area contributed by atoms with Crippen molar-refractivity contribution in [2.75, 3.05) is 25.1 Å². The van der Waals surface area contributed by atoms with Gasteiger partial charge < -0.3 is 19.5 Å². The number of nitrogens with one attached hydrogen (secondary N) is 2. The number of amides is 2. The molecular formula is C28H30BrN3O5. The van der Waals surface area contributed by atoms with Crippen LogP contribution in [0.1, 0.15) is 41.8 Å². The van der Waals surface area contributed by atoms with E-state index in [9.17, 15) is 9.59 Å². The van der Waals surface area contributed by atoms with Crippen LogP contribution in [-0.2, 0) is 4.79 Å². The van der Waals surface area contributed by atoms with Gasteiger partial charge >= 0.3 is 0 Å². The second kappa shape index (κ2) is 14.0. The minimum absolute atomic E-state index is 0.137. The lowest BCUT2D eigenvalue weighted by atomic mass is 10.2. The molecule has 0 saturated heterocycles. The number of nitrogens with zero attached hydrogens (tertiary/aromatic N) is 1. The van der Waals surface area contributed by atoms with Crippen LogP contribution in [0, 0.1) is 6.92 Å². The van der Waals surface area contributed by atoms with Gasteiger partial charge in [-0.2, -0.15) is 5.10 Å². The molecule has 0 unspecified atom stereocenters. The van der Waals surface area contributed by atoms with Gasteiger partial charge in [0.25, 0.3) is 11.8 Å². The summed E-state index contributed by atoms with van der Waals surface area (Å²) in [6.07, 6.45) is 2.38. The van der Waals surface area contributed by atoms with E-state index in [1.54, 1.807) is 36.4 Å². The van der Waals surface area contributed by atoms with E-state index in [4.69, 9.17) is 14.2 Å². The van der Waals surface area contributed by atoms with Crippen molar-refractivity contribution in [1.82, 2.24) is 5.43 Å². The maximum Gasteiger partial charge on any atom is 0.271 e. The monoisotopic (exact) mass is 567 g/mol. The van der Waals surface area contributed by atoms with E-state index >= 15 is 0 Å². The van der Waals surface area contributed by atoms with Gasteiger partial charge in [-0.1, -0.05) is 24.6 Å². The van der Waals surface area contributed by atoms with E-state index in [0.717, 1.165) is 17.5 Å². The summed E-state index contributed by atoms with van der Waals surface area (Å²) in [7, 11) is 0. The molecule has 37 heavy (non-hydrogen) atoms. The number of halogens is 1. The lowest BCUT2D eigenvalue weighted by Gasteiger charge is -2.12. The molecule has 2 amide bonds. The topological polar surface area (TPSA) is 98.3 Å². The third-order valence-corrected chi connectivity index (χ3v) is 5.62. The van der Waals surface area contributed by atoms with Gasteiger partial charge in [0.15, 0.2) is 18.1 Å². The summed E-state index contributed by atoms with van der Waals surface area (Å²) in [6.45, 7) is 6.76. The maximum absolute atomic E-state index is 12.5. The predicted octanol–water partition coefficient (Wildman–Crippen LogP) is 5.73. The molecule has 0 spiro atoms. The number of rotatable bonds is 12. The molecule has 3 rings (SSSR count). The molecule has 194 valence electrons. The number of ether oxygens (including phenoxy) is 3. The van der Waals surface area contributed by atoms with Crippen LogP contribution in [0.25, 0.3) is 0 Å². The molecular weight excluding hydrogens is 538 g/mol. The predicted molar refractivity (Wildman–Crippen MR) is 148 cm³/mol. The minimum atomic E-state index is -0.377. The van der Waals surface area contributed by atoms with Gasteiger partial charge in [0, 0.05) is 11.3 Å². The number of hydrogen-bond donors (Lipinski definition) is 2. The molecule has 3 aromatic carbocycles. The zero-order chi connectivity index (χ0) is 26.6. The third kappa shape index (κ3) is 8.64. The molecule has 0 aliphatic rings. The van der Waals surface area contributed by atoms with Crippen LogP contribution < -0.4 is 25.0 Å². The lowest BCUT2D eigenvalue weighted by Crippen LogP contribution is -2.20. The molecule has 0 heterocycles. The quantitative estimate of drug-likeness (QED) is 0.215. The van der Waals surface area contributed by atoms with E-state index in [2.05, 4.69) is 31.8 Å². The smallest absolute Gasteiger partial charge is 0.271 e. The molecule has 0 bridgehead atoms. The van der Waals surface area contributed by atoms with Crippen LogP contribution in [0.2, 0.25) is 0 Å². The van der Waals surface area contributed by atoms with Crippen molar-refractivity contribution in [3.63, 3.8) is 0 Å². The average molecular weight is 568 g/mol. The van der Waals surface area contributed by atoms with Gasteiger partial charge in [-0.3, -0.25) is 9.59 Å². The molecule has 0 radical (unpaired) electrons. The van der Waals surface area contributed by atoms with E-state index in [0.29, 0.717) is 46.2 Å². The first-order valence-electron chi connectivity index (χ1n) is 11.9. The van der Waals surface area contributed by atoms with Gasteiger partial charge in [0.1, 0.15) is 5.75 Å². The first-order chi connectivity index (χ1) is 17.9. The highest BCUT2D eigenvalue weighted by molar-refractivity contribution is 9.10. The molecule has 3 aromatic rings. The number of carbonyl (C=O) groups is 2. The Kier molecular flexibility index (Phi) is 10.5. The van der Waals surface area contributed by atoms with Gasteiger partial charge in [-0.05, 0) is 90.3 Å². The Hall–Kier alpha value is -3.85. The number of benzene rings is 3. The van der Waals surface area contributed by atoms with E-state index in [1.165, 1.54) is 6.21 Å². The van der Waals surface area contributed by atoms with Crippen LogP contribution in [0.4, 0.5) is 5.69 Å². The zero-order valence-electron chi connectivity index (χ0n) is 21.0. The summed E-state index contributed by atoms with van der Waals surface area (Å²) < 4.78 is 17.5. The highest BCUT2D eigenvalue weighted by Gasteiger charge is 2.12. The second-order valence-corrected chi connectivity index (χ2v) is 8.89. The van der Waals surface area contributed by atoms with Gasteiger partial charge in [0.2, 0.25) is 0 Å². The van der Waals surface area contributed by atoms with Crippen LogP contribution in [-0.4, -0.2) is 37.8 Å². The molecule has 0 atom stereocenters. The van der Waals surface area contributed by atoms with Crippen LogP contribution in [0.3, 0.4) is 0 Å².